The van der Waals surface area contributed by atoms with Crippen LogP contribution in [0.25, 0.3) is 11.1 Å². The highest BCUT2D eigenvalue weighted by atomic mass is 16.6. The predicted octanol–water partition coefficient (Wildman–Crippen LogP) is 5.59. The molecule has 3 heterocycles. The number of methoxy groups -OCH3 is 1. The Hall–Kier alpha value is -2.73. The van der Waals surface area contributed by atoms with Crippen molar-refractivity contribution >= 4 is 6.09 Å². The van der Waals surface area contributed by atoms with E-state index in [0.29, 0.717) is 5.92 Å². The molecule has 6 nitrogen and oxygen atoms in total. The van der Waals surface area contributed by atoms with Gasteiger partial charge in [-0.2, -0.15) is 0 Å². The summed E-state index contributed by atoms with van der Waals surface area (Å²) in [6, 6.07) is 12.3. The molecule has 188 valence electrons. The van der Waals surface area contributed by atoms with Crippen LogP contribution in [0.1, 0.15) is 57.7 Å². The van der Waals surface area contributed by atoms with Crippen molar-refractivity contribution in [2.24, 2.45) is 11.3 Å². The molecule has 6 rings (SSSR count). The lowest BCUT2D eigenvalue weighted by Crippen LogP contribution is -2.53. The van der Waals surface area contributed by atoms with Crippen LogP contribution in [0.3, 0.4) is 0 Å². The highest BCUT2D eigenvalue weighted by Crippen LogP contribution is 2.49. The van der Waals surface area contributed by atoms with Gasteiger partial charge in [-0.1, -0.05) is 26.0 Å². The van der Waals surface area contributed by atoms with Crippen LogP contribution >= 0.6 is 0 Å². The van der Waals surface area contributed by atoms with Crippen molar-refractivity contribution in [1.82, 2.24) is 10.2 Å². The number of alkyl carbamates (subject to hydrolysis) is 1. The van der Waals surface area contributed by atoms with E-state index in [-0.39, 0.29) is 29.8 Å². The molecule has 3 aliphatic heterocycles. The number of nitrogens with zero attached hydrogens (tertiary/aromatic N) is 1. The minimum absolute atomic E-state index is 0.00117. The molecule has 35 heavy (non-hydrogen) atoms. The van der Waals surface area contributed by atoms with E-state index in [1.807, 2.05) is 26.0 Å². The van der Waals surface area contributed by atoms with Gasteiger partial charge >= 0.3 is 6.09 Å². The molecule has 2 atom stereocenters. The quantitative estimate of drug-likeness (QED) is 0.586. The summed E-state index contributed by atoms with van der Waals surface area (Å²) < 4.78 is 17.7. The summed E-state index contributed by atoms with van der Waals surface area (Å²) in [6.45, 7) is 11.6. The summed E-state index contributed by atoms with van der Waals surface area (Å²) in [5, 5.41) is 3.22. The number of benzene rings is 2. The monoisotopic (exact) mass is 478 g/mol. The van der Waals surface area contributed by atoms with E-state index >= 15 is 0 Å². The zero-order chi connectivity index (χ0) is 24.7. The van der Waals surface area contributed by atoms with Crippen molar-refractivity contribution in [1.29, 1.82) is 0 Å². The van der Waals surface area contributed by atoms with Gasteiger partial charge in [-0.3, -0.25) is 4.90 Å². The van der Waals surface area contributed by atoms with Crippen LogP contribution in [0.4, 0.5) is 4.79 Å². The highest BCUT2D eigenvalue weighted by Gasteiger charge is 2.42. The van der Waals surface area contributed by atoms with Gasteiger partial charge in [0.1, 0.15) is 17.6 Å². The number of hydrogen-bond acceptors (Lipinski definition) is 5. The first-order valence-electron chi connectivity index (χ1n) is 12.9. The molecule has 4 aliphatic rings. The van der Waals surface area contributed by atoms with Crippen LogP contribution in [-0.4, -0.2) is 49.9 Å². The Morgan fingerprint density at radius 1 is 1.14 bits per heavy atom. The van der Waals surface area contributed by atoms with Crippen LogP contribution in [0.5, 0.6) is 11.5 Å². The molecule has 0 aromatic heterocycles. The Morgan fingerprint density at radius 2 is 1.91 bits per heavy atom. The SMILES string of the molecule is COc1cc2c(cc1-c1cccc(OC(C)C)c1)CC(C)(C)C2NC(=O)O[C@@H]1CN2CCC1CC2. The number of carbonyl (C=O) groups excluding carboxylic acids is 1. The smallest absolute Gasteiger partial charge is 0.407 e. The third-order valence-corrected chi connectivity index (χ3v) is 7.83. The Kier molecular flexibility index (Phi) is 6.43. The minimum atomic E-state index is -0.309. The summed E-state index contributed by atoms with van der Waals surface area (Å²) >= 11 is 0. The number of rotatable bonds is 6. The van der Waals surface area contributed by atoms with E-state index in [1.54, 1.807) is 7.11 Å². The Labute approximate surface area is 208 Å². The Bertz CT molecular complexity index is 1090. The number of nitrogens with one attached hydrogen (secondary N) is 1. The molecule has 0 saturated carbocycles. The van der Waals surface area contributed by atoms with Crippen molar-refractivity contribution < 1.29 is 19.0 Å². The van der Waals surface area contributed by atoms with Gasteiger partial charge in [-0.25, -0.2) is 4.79 Å². The summed E-state index contributed by atoms with van der Waals surface area (Å²) in [4.78, 5) is 15.4. The van der Waals surface area contributed by atoms with Crippen LogP contribution in [0.15, 0.2) is 36.4 Å². The standard InChI is InChI=1S/C29H38N2O4/c1-18(2)34-22-8-6-7-20(13-22)23-14-21-16-29(3,4)27(24(21)15-25(23)33-5)30-28(32)35-26-17-31-11-9-19(26)10-12-31/h6-8,13-15,18-19,26-27H,9-12,16-17H2,1-5H3,(H,30,32)/t26-,27?/m1/s1. The summed E-state index contributed by atoms with van der Waals surface area (Å²) in [5.74, 6) is 2.13. The molecule has 0 radical (unpaired) electrons. The van der Waals surface area contributed by atoms with Crippen LogP contribution < -0.4 is 14.8 Å². The van der Waals surface area contributed by atoms with Crippen LogP contribution in [0.2, 0.25) is 0 Å². The maximum absolute atomic E-state index is 13.0. The zero-order valence-corrected chi connectivity index (χ0v) is 21.6. The lowest BCUT2D eigenvalue weighted by Gasteiger charge is -2.44. The van der Waals surface area contributed by atoms with Gasteiger partial charge in [0, 0.05) is 12.1 Å². The normalized spacial score (nSPS) is 26.3. The molecular formula is C29H38N2O4. The highest BCUT2D eigenvalue weighted by molar-refractivity contribution is 5.75. The third kappa shape index (κ3) is 4.86. The van der Waals surface area contributed by atoms with E-state index in [0.717, 1.165) is 67.1 Å². The number of amides is 1. The molecule has 0 spiro atoms. The Balaban J connectivity index is 1.39. The topological polar surface area (TPSA) is 60.0 Å². The van der Waals surface area contributed by atoms with Gasteiger partial charge in [0.2, 0.25) is 0 Å². The molecular weight excluding hydrogens is 440 g/mol. The molecule has 1 unspecified atom stereocenters. The van der Waals surface area contributed by atoms with Crippen molar-refractivity contribution in [2.75, 3.05) is 26.7 Å². The van der Waals surface area contributed by atoms with E-state index < -0.39 is 0 Å². The number of carbonyl (C=O) groups is 1. The first-order chi connectivity index (χ1) is 16.7. The van der Waals surface area contributed by atoms with Gasteiger partial charge < -0.3 is 19.5 Å². The van der Waals surface area contributed by atoms with Gasteiger partial charge in [0.15, 0.2) is 0 Å². The van der Waals surface area contributed by atoms with Crippen LogP contribution in [0, 0.1) is 11.3 Å². The number of fused-ring (bicyclic) bond motifs is 4. The molecule has 3 saturated heterocycles. The maximum atomic E-state index is 13.0. The van der Waals surface area contributed by atoms with E-state index in [9.17, 15) is 4.79 Å². The molecule has 1 N–H and O–H groups in total. The average Bonchev–Trinajstić information content (AvgIpc) is 3.07. The summed E-state index contributed by atoms with van der Waals surface area (Å²) in [7, 11) is 1.70. The summed E-state index contributed by atoms with van der Waals surface area (Å²) in [6.07, 6.45) is 2.92. The fraction of sp³-hybridized carbons (Fsp3) is 0.552. The molecule has 2 aromatic carbocycles. The number of hydrogen-bond donors (Lipinski definition) is 1. The molecule has 1 amide bonds. The van der Waals surface area contributed by atoms with Crippen molar-refractivity contribution in [2.45, 2.75) is 65.2 Å². The Morgan fingerprint density at radius 3 is 2.57 bits per heavy atom. The number of piperidine rings is 3. The zero-order valence-electron chi connectivity index (χ0n) is 21.6. The maximum Gasteiger partial charge on any atom is 0.407 e. The lowest BCUT2D eigenvalue weighted by atomic mass is 9.85. The van der Waals surface area contributed by atoms with Gasteiger partial charge in [-0.15, -0.1) is 0 Å². The number of ether oxygens (including phenoxy) is 3. The molecule has 3 fully saturated rings. The molecule has 1 aliphatic carbocycles. The van der Waals surface area contributed by atoms with E-state index in [1.165, 1.54) is 5.56 Å². The second-order valence-corrected chi connectivity index (χ2v) is 11.3. The molecule has 6 heteroatoms. The second-order valence-electron chi connectivity index (χ2n) is 11.3. The first-order valence-corrected chi connectivity index (χ1v) is 12.9. The van der Waals surface area contributed by atoms with Gasteiger partial charge in [-0.05, 0) is 98.5 Å². The lowest BCUT2D eigenvalue weighted by molar-refractivity contribution is -0.0349. The van der Waals surface area contributed by atoms with Gasteiger partial charge in [0.05, 0.1) is 19.3 Å². The fourth-order valence-corrected chi connectivity index (χ4v) is 6.09. The first kappa shape index (κ1) is 24.0. The van der Waals surface area contributed by atoms with E-state index in [2.05, 4.69) is 48.3 Å². The molecule has 2 bridgehead atoms. The van der Waals surface area contributed by atoms with E-state index in [4.69, 9.17) is 14.2 Å². The fourth-order valence-electron chi connectivity index (χ4n) is 6.09. The molecule has 2 aromatic rings. The average molecular weight is 479 g/mol. The second kappa shape index (κ2) is 9.38. The third-order valence-electron chi connectivity index (χ3n) is 7.83. The minimum Gasteiger partial charge on any atom is -0.496 e. The van der Waals surface area contributed by atoms with Crippen LogP contribution in [-0.2, 0) is 11.2 Å². The largest absolute Gasteiger partial charge is 0.496 e. The van der Waals surface area contributed by atoms with Crippen molar-refractivity contribution in [3.8, 4) is 22.6 Å². The predicted molar refractivity (Wildman–Crippen MR) is 137 cm³/mol. The van der Waals surface area contributed by atoms with Crippen molar-refractivity contribution in [3.05, 3.63) is 47.5 Å². The summed E-state index contributed by atoms with van der Waals surface area (Å²) in [5.41, 5.74) is 4.29. The van der Waals surface area contributed by atoms with Gasteiger partial charge in [0.25, 0.3) is 0 Å². The van der Waals surface area contributed by atoms with Crippen molar-refractivity contribution in [3.63, 3.8) is 0 Å².